The van der Waals surface area contributed by atoms with Crippen molar-refractivity contribution in [1.29, 1.82) is 0 Å². The zero-order valence-electron chi connectivity index (χ0n) is 9.32. The summed E-state index contributed by atoms with van der Waals surface area (Å²) in [5, 5.41) is 2.67. The highest BCUT2D eigenvalue weighted by atomic mass is 19.1. The van der Waals surface area contributed by atoms with E-state index in [0.717, 1.165) is 6.42 Å². The molecule has 4 nitrogen and oxygen atoms in total. The zero-order chi connectivity index (χ0) is 12.0. The van der Waals surface area contributed by atoms with E-state index >= 15 is 0 Å². The lowest BCUT2D eigenvalue weighted by Crippen LogP contribution is -2.39. The Morgan fingerprint density at radius 3 is 3.06 bits per heavy atom. The molecule has 0 bridgehead atoms. The number of urea groups is 1. The van der Waals surface area contributed by atoms with Crippen LogP contribution in [0.1, 0.15) is 6.42 Å². The number of fused-ring (bicyclic) bond motifs is 1. The van der Waals surface area contributed by atoms with E-state index in [1.165, 1.54) is 12.1 Å². The van der Waals surface area contributed by atoms with E-state index in [9.17, 15) is 9.18 Å². The standard InChI is InChI=1S/C12H14FN3O/c13-9-2-1-3-10(4-9)15-11(17)16-6-8-5-12(8,14)7-16/h1-4,8H,5-7,14H2,(H,15,17)/t8-,12-/m0/s1. The molecule has 0 unspecified atom stereocenters. The lowest BCUT2D eigenvalue weighted by Gasteiger charge is -2.19. The number of benzene rings is 1. The molecule has 3 N–H and O–H groups in total. The van der Waals surface area contributed by atoms with Gasteiger partial charge < -0.3 is 16.0 Å². The predicted molar refractivity (Wildman–Crippen MR) is 62.0 cm³/mol. The van der Waals surface area contributed by atoms with Gasteiger partial charge >= 0.3 is 6.03 Å². The molecule has 1 heterocycles. The van der Waals surface area contributed by atoms with Gasteiger partial charge in [0.15, 0.2) is 0 Å². The van der Waals surface area contributed by atoms with E-state index in [4.69, 9.17) is 5.73 Å². The zero-order valence-corrected chi connectivity index (χ0v) is 9.32. The first-order valence-electron chi connectivity index (χ1n) is 5.67. The molecule has 1 aromatic rings. The van der Waals surface area contributed by atoms with Gasteiger partial charge in [-0.15, -0.1) is 0 Å². The fraction of sp³-hybridized carbons (Fsp3) is 0.417. The first-order valence-corrected chi connectivity index (χ1v) is 5.67. The number of carbonyl (C=O) groups excluding carboxylic acids is 1. The van der Waals surface area contributed by atoms with Crippen molar-refractivity contribution in [2.45, 2.75) is 12.0 Å². The second-order valence-electron chi connectivity index (χ2n) is 4.96. The number of halogens is 1. The molecule has 0 aromatic heterocycles. The molecular weight excluding hydrogens is 221 g/mol. The molecule has 1 aliphatic carbocycles. The number of hydrogen-bond acceptors (Lipinski definition) is 2. The number of rotatable bonds is 1. The molecule has 0 radical (unpaired) electrons. The summed E-state index contributed by atoms with van der Waals surface area (Å²) in [6, 6.07) is 5.67. The number of likely N-dealkylation sites (tertiary alicyclic amines) is 1. The highest BCUT2D eigenvalue weighted by Crippen LogP contribution is 2.47. The van der Waals surface area contributed by atoms with Crippen molar-refractivity contribution < 1.29 is 9.18 Å². The molecule has 1 aromatic carbocycles. The molecule has 3 rings (SSSR count). The molecule has 0 spiro atoms. The van der Waals surface area contributed by atoms with Crippen LogP contribution in [0.15, 0.2) is 24.3 Å². The fourth-order valence-electron chi connectivity index (χ4n) is 2.45. The van der Waals surface area contributed by atoms with Gasteiger partial charge in [-0.25, -0.2) is 9.18 Å². The Hall–Kier alpha value is -1.62. The predicted octanol–water partition coefficient (Wildman–Crippen LogP) is 1.39. The van der Waals surface area contributed by atoms with E-state index < -0.39 is 0 Å². The summed E-state index contributed by atoms with van der Waals surface area (Å²) < 4.78 is 12.9. The Labute approximate surface area is 98.6 Å². The van der Waals surface area contributed by atoms with Gasteiger partial charge in [0.1, 0.15) is 5.82 Å². The number of amides is 2. The van der Waals surface area contributed by atoms with E-state index in [2.05, 4.69) is 5.32 Å². The third-order valence-corrected chi connectivity index (χ3v) is 3.57. The molecule has 1 saturated heterocycles. The van der Waals surface area contributed by atoms with Crippen LogP contribution in [0.5, 0.6) is 0 Å². The molecule has 2 fully saturated rings. The SMILES string of the molecule is N[C@]12C[C@H]1CN(C(=O)Nc1cccc(F)c1)C2. The lowest BCUT2D eigenvalue weighted by molar-refractivity contribution is 0.216. The van der Waals surface area contributed by atoms with Crippen molar-refractivity contribution in [3.8, 4) is 0 Å². The van der Waals surface area contributed by atoms with Gasteiger partial charge in [0.05, 0.1) is 0 Å². The van der Waals surface area contributed by atoms with Crippen molar-refractivity contribution in [2.24, 2.45) is 11.7 Å². The van der Waals surface area contributed by atoms with Crippen LogP contribution in [0, 0.1) is 11.7 Å². The minimum Gasteiger partial charge on any atom is -0.323 e. The van der Waals surface area contributed by atoms with Crippen LogP contribution in [0.3, 0.4) is 0 Å². The number of carbonyl (C=O) groups is 1. The number of hydrogen-bond donors (Lipinski definition) is 2. The van der Waals surface area contributed by atoms with E-state index in [1.54, 1.807) is 17.0 Å². The summed E-state index contributed by atoms with van der Waals surface area (Å²) in [7, 11) is 0. The Bertz CT molecular complexity index is 479. The molecule has 1 aliphatic heterocycles. The average Bonchev–Trinajstić information content (AvgIpc) is 2.77. The highest BCUT2D eigenvalue weighted by Gasteiger charge is 2.58. The smallest absolute Gasteiger partial charge is 0.321 e. The summed E-state index contributed by atoms with van der Waals surface area (Å²) >= 11 is 0. The van der Waals surface area contributed by atoms with Crippen LogP contribution in [0.2, 0.25) is 0 Å². The molecule has 17 heavy (non-hydrogen) atoms. The minimum atomic E-state index is -0.359. The quantitative estimate of drug-likeness (QED) is 0.772. The van der Waals surface area contributed by atoms with Crippen LogP contribution in [-0.4, -0.2) is 29.6 Å². The van der Waals surface area contributed by atoms with Crippen molar-refractivity contribution in [3.05, 3.63) is 30.1 Å². The van der Waals surface area contributed by atoms with E-state index in [0.29, 0.717) is 24.7 Å². The van der Waals surface area contributed by atoms with Crippen LogP contribution in [0.4, 0.5) is 14.9 Å². The number of nitrogens with two attached hydrogens (primary N) is 1. The minimum absolute atomic E-state index is 0.153. The summed E-state index contributed by atoms with van der Waals surface area (Å²) in [5.41, 5.74) is 6.34. The summed E-state index contributed by atoms with van der Waals surface area (Å²) in [6.07, 6.45) is 1.01. The maximum Gasteiger partial charge on any atom is 0.321 e. The lowest BCUT2D eigenvalue weighted by atomic mass is 10.3. The Kier molecular flexibility index (Phi) is 2.13. The number of anilines is 1. The molecule has 2 aliphatic rings. The topological polar surface area (TPSA) is 58.4 Å². The van der Waals surface area contributed by atoms with Crippen LogP contribution >= 0.6 is 0 Å². The van der Waals surface area contributed by atoms with Crippen molar-refractivity contribution in [1.82, 2.24) is 4.90 Å². The Morgan fingerprint density at radius 2 is 2.41 bits per heavy atom. The maximum atomic E-state index is 12.9. The van der Waals surface area contributed by atoms with Gasteiger partial charge in [-0.05, 0) is 30.5 Å². The van der Waals surface area contributed by atoms with Gasteiger partial charge in [0, 0.05) is 24.3 Å². The molecular formula is C12H14FN3O. The first kappa shape index (κ1) is 10.5. The van der Waals surface area contributed by atoms with Crippen LogP contribution in [-0.2, 0) is 0 Å². The van der Waals surface area contributed by atoms with Crippen molar-refractivity contribution in [3.63, 3.8) is 0 Å². The average molecular weight is 235 g/mol. The third-order valence-electron chi connectivity index (χ3n) is 3.57. The van der Waals surface area contributed by atoms with Gasteiger partial charge in [-0.3, -0.25) is 0 Å². The van der Waals surface area contributed by atoms with Crippen molar-refractivity contribution in [2.75, 3.05) is 18.4 Å². The normalized spacial score (nSPS) is 30.0. The van der Waals surface area contributed by atoms with E-state index in [1.807, 2.05) is 0 Å². The molecule has 2 atom stereocenters. The highest BCUT2D eigenvalue weighted by molar-refractivity contribution is 5.89. The largest absolute Gasteiger partial charge is 0.323 e. The first-order chi connectivity index (χ1) is 8.07. The van der Waals surface area contributed by atoms with Gasteiger partial charge in [-0.1, -0.05) is 6.07 Å². The molecule has 90 valence electrons. The maximum absolute atomic E-state index is 12.9. The molecule has 5 heteroatoms. The number of nitrogens with zero attached hydrogens (tertiary/aromatic N) is 1. The Morgan fingerprint density at radius 1 is 1.59 bits per heavy atom. The number of piperidine rings is 1. The van der Waals surface area contributed by atoms with Crippen molar-refractivity contribution >= 4 is 11.7 Å². The summed E-state index contributed by atoms with van der Waals surface area (Å²) in [6.45, 7) is 1.30. The van der Waals surface area contributed by atoms with Gasteiger partial charge in [0.25, 0.3) is 0 Å². The third kappa shape index (κ3) is 1.86. The second kappa shape index (κ2) is 3.43. The molecule has 1 saturated carbocycles. The van der Waals surface area contributed by atoms with Gasteiger partial charge in [0.2, 0.25) is 0 Å². The summed E-state index contributed by atoms with van der Waals surface area (Å²) in [5.74, 6) is 0.0862. The van der Waals surface area contributed by atoms with Crippen LogP contribution < -0.4 is 11.1 Å². The second-order valence-corrected chi connectivity index (χ2v) is 4.96. The monoisotopic (exact) mass is 235 g/mol. The summed E-state index contributed by atoms with van der Waals surface area (Å²) in [4.78, 5) is 13.6. The van der Waals surface area contributed by atoms with Crippen LogP contribution in [0.25, 0.3) is 0 Å². The number of nitrogens with one attached hydrogen (secondary N) is 1. The van der Waals surface area contributed by atoms with Gasteiger partial charge in [-0.2, -0.15) is 0 Å². The molecule has 2 amide bonds. The fourth-order valence-corrected chi connectivity index (χ4v) is 2.45. The Balaban J connectivity index is 1.64. The van der Waals surface area contributed by atoms with E-state index in [-0.39, 0.29) is 17.4 Å².